The third-order valence-corrected chi connectivity index (χ3v) is 2.59. The lowest BCUT2D eigenvalue weighted by Gasteiger charge is -2.03. The van der Waals surface area contributed by atoms with Gasteiger partial charge < -0.3 is 5.32 Å². The first-order valence-electron chi connectivity index (χ1n) is 4.35. The van der Waals surface area contributed by atoms with E-state index in [1.54, 1.807) is 23.5 Å². The molecule has 0 amide bonds. The third-order valence-electron chi connectivity index (χ3n) is 1.91. The van der Waals surface area contributed by atoms with Crippen LogP contribution < -0.4 is 5.32 Å². The van der Waals surface area contributed by atoms with Crippen molar-refractivity contribution in [2.75, 3.05) is 5.32 Å². The number of benzene rings is 1. The van der Waals surface area contributed by atoms with E-state index in [9.17, 15) is 4.39 Å². The van der Waals surface area contributed by atoms with E-state index in [2.05, 4.69) is 5.32 Å². The van der Waals surface area contributed by atoms with E-state index >= 15 is 0 Å². The van der Waals surface area contributed by atoms with E-state index in [0.29, 0.717) is 6.54 Å². The number of halogens is 1. The van der Waals surface area contributed by atoms with Crippen LogP contribution in [0.4, 0.5) is 10.1 Å². The van der Waals surface area contributed by atoms with Crippen LogP contribution in [0.1, 0.15) is 5.56 Å². The van der Waals surface area contributed by atoms with Gasteiger partial charge >= 0.3 is 0 Å². The maximum Gasteiger partial charge on any atom is 0.123 e. The van der Waals surface area contributed by atoms with E-state index in [4.69, 9.17) is 0 Å². The first-order valence-corrected chi connectivity index (χ1v) is 5.29. The summed E-state index contributed by atoms with van der Waals surface area (Å²) in [4.78, 5) is 0. The summed E-state index contributed by atoms with van der Waals surface area (Å²) in [5.74, 6) is -0.186. The molecule has 72 valence electrons. The molecule has 1 nitrogen and oxygen atoms in total. The van der Waals surface area contributed by atoms with Gasteiger partial charge in [-0.15, -0.1) is 0 Å². The summed E-state index contributed by atoms with van der Waals surface area (Å²) in [6.07, 6.45) is 0. The van der Waals surface area contributed by atoms with Crippen molar-refractivity contribution in [3.63, 3.8) is 0 Å². The second kappa shape index (κ2) is 4.24. The molecule has 14 heavy (non-hydrogen) atoms. The lowest BCUT2D eigenvalue weighted by atomic mass is 10.2. The quantitative estimate of drug-likeness (QED) is 0.812. The molecule has 1 aromatic heterocycles. The molecule has 0 unspecified atom stereocenters. The molecule has 0 aliphatic rings. The first-order chi connectivity index (χ1) is 6.84. The number of rotatable bonds is 3. The summed E-state index contributed by atoms with van der Waals surface area (Å²) < 4.78 is 12.8. The summed E-state index contributed by atoms with van der Waals surface area (Å²) >= 11 is 1.64. The molecule has 0 aliphatic carbocycles. The van der Waals surface area contributed by atoms with Crippen molar-refractivity contribution in [3.8, 4) is 0 Å². The number of anilines is 1. The van der Waals surface area contributed by atoms with Crippen molar-refractivity contribution in [2.45, 2.75) is 6.54 Å². The Morgan fingerprint density at radius 3 is 2.93 bits per heavy atom. The standard InChI is InChI=1S/C11H10FNS/c12-10-3-1-2-9(6-10)7-13-11-4-5-14-8-11/h1-6,8,13H,7H2. The maximum atomic E-state index is 12.8. The maximum absolute atomic E-state index is 12.8. The fourth-order valence-electron chi connectivity index (χ4n) is 1.22. The average molecular weight is 207 g/mol. The zero-order chi connectivity index (χ0) is 9.80. The van der Waals surface area contributed by atoms with Gasteiger partial charge in [-0.3, -0.25) is 0 Å². The fraction of sp³-hybridized carbons (Fsp3) is 0.0909. The highest BCUT2D eigenvalue weighted by Crippen LogP contribution is 2.13. The Morgan fingerprint density at radius 1 is 1.29 bits per heavy atom. The number of nitrogens with one attached hydrogen (secondary N) is 1. The number of hydrogen-bond acceptors (Lipinski definition) is 2. The summed E-state index contributed by atoms with van der Waals surface area (Å²) in [7, 11) is 0. The topological polar surface area (TPSA) is 12.0 Å². The Bertz CT molecular complexity index is 397. The van der Waals surface area contributed by atoms with Gasteiger partial charge in [0.1, 0.15) is 5.82 Å². The molecule has 0 spiro atoms. The van der Waals surface area contributed by atoms with E-state index in [-0.39, 0.29) is 5.82 Å². The Kier molecular flexibility index (Phi) is 2.79. The van der Waals surface area contributed by atoms with Crippen LogP contribution in [0.3, 0.4) is 0 Å². The van der Waals surface area contributed by atoms with E-state index in [0.717, 1.165) is 11.3 Å². The van der Waals surface area contributed by atoms with Crippen LogP contribution in [0.25, 0.3) is 0 Å². The molecular formula is C11H10FNS. The predicted octanol–water partition coefficient (Wildman–Crippen LogP) is 3.50. The van der Waals surface area contributed by atoms with Crippen LogP contribution in [0.15, 0.2) is 41.1 Å². The number of thiophene rings is 1. The highest BCUT2D eigenvalue weighted by Gasteiger charge is 1.95. The fourth-order valence-corrected chi connectivity index (χ4v) is 1.83. The molecular weight excluding hydrogens is 197 g/mol. The highest BCUT2D eigenvalue weighted by atomic mass is 32.1. The van der Waals surface area contributed by atoms with Crippen LogP contribution in [-0.4, -0.2) is 0 Å². The average Bonchev–Trinajstić information content (AvgIpc) is 2.67. The van der Waals surface area contributed by atoms with Gasteiger partial charge in [-0.25, -0.2) is 4.39 Å². The highest BCUT2D eigenvalue weighted by molar-refractivity contribution is 7.08. The zero-order valence-electron chi connectivity index (χ0n) is 7.53. The summed E-state index contributed by atoms with van der Waals surface area (Å²) in [6.45, 7) is 0.661. The Morgan fingerprint density at radius 2 is 2.21 bits per heavy atom. The molecule has 3 heteroatoms. The Labute approximate surface area is 86.2 Å². The molecule has 0 aliphatic heterocycles. The molecule has 0 saturated carbocycles. The smallest absolute Gasteiger partial charge is 0.123 e. The summed E-state index contributed by atoms with van der Waals surface area (Å²) in [6, 6.07) is 8.62. The first kappa shape index (κ1) is 9.21. The van der Waals surface area contributed by atoms with Gasteiger partial charge in [0.05, 0.1) is 0 Å². The number of hydrogen-bond donors (Lipinski definition) is 1. The zero-order valence-corrected chi connectivity index (χ0v) is 8.35. The molecule has 0 fully saturated rings. The van der Waals surface area contributed by atoms with Crippen molar-refractivity contribution < 1.29 is 4.39 Å². The monoisotopic (exact) mass is 207 g/mol. The molecule has 1 N–H and O–H groups in total. The van der Waals surface area contributed by atoms with Crippen molar-refractivity contribution in [3.05, 3.63) is 52.5 Å². The van der Waals surface area contributed by atoms with Gasteiger partial charge in [-0.1, -0.05) is 12.1 Å². The molecule has 0 atom stereocenters. The lowest BCUT2D eigenvalue weighted by Crippen LogP contribution is -1.98. The second-order valence-corrected chi connectivity index (χ2v) is 3.78. The molecule has 1 aromatic carbocycles. The molecule has 0 saturated heterocycles. The van der Waals surface area contributed by atoms with Crippen LogP contribution in [-0.2, 0) is 6.54 Å². The van der Waals surface area contributed by atoms with Crippen molar-refractivity contribution in [1.82, 2.24) is 0 Å². The van der Waals surface area contributed by atoms with E-state index in [1.807, 2.05) is 22.9 Å². The molecule has 1 heterocycles. The lowest BCUT2D eigenvalue weighted by molar-refractivity contribution is 0.626. The van der Waals surface area contributed by atoms with Gasteiger partial charge in [0.2, 0.25) is 0 Å². The molecule has 2 rings (SSSR count). The molecule has 0 bridgehead atoms. The van der Waals surface area contributed by atoms with Crippen LogP contribution in [0.2, 0.25) is 0 Å². The van der Waals surface area contributed by atoms with Gasteiger partial charge in [0, 0.05) is 17.6 Å². The SMILES string of the molecule is Fc1cccc(CNc2ccsc2)c1. The second-order valence-electron chi connectivity index (χ2n) is 3.00. The van der Waals surface area contributed by atoms with Crippen LogP contribution in [0, 0.1) is 5.82 Å². The Balaban J connectivity index is 1.98. The predicted molar refractivity (Wildman–Crippen MR) is 58.0 cm³/mol. The minimum absolute atomic E-state index is 0.186. The van der Waals surface area contributed by atoms with Gasteiger partial charge in [0.15, 0.2) is 0 Å². The molecule has 2 aromatic rings. The van der Waals surface area contributed by atoms with Gasteiger partial charge in [0.25, 0.3) is 0 Å². The van der Waals surface area contributed by atoms with Crippen LogP contribution >= 0.6 is 11.3 Å². The van der Waals surface area contributed by atoms with Crippen LogP contribution in [0.5, 0.6) is 0 Å². The molecule has 0 radical (unpaired) electrons. The van der Waals surface area contributed by atoms with Gasteiger partial charge in [-0.05, 0) is 29.1 Å². The van der Waals surface area contributed by atoms with Gasteiger partial charge in [-0.2, -0.15) is 11.3 Å². The summed E-state index contributed by atoms with van der Waals surface area (Å²) in [5.41, 5.74) is 2.04. The largest absolute Gasteiger partial charge is 0.380 e. The van der Waals surface area contributed by atoms with E-state index < -0.39 is 0 Å². The van der Waals surface area contributed by atoms with E-state index in [1.165, 1.54) is 6.07 Å². The summed E-state index contributed by atoms with van der Waals surface area (Å²) in [5, 5.41) is 7.25. The normalized spacial score (nSPS) is 10.1. The van der Waals surface area contributed by atoms with Crippen molar-refractivity contribution >= 4 is 17.0 Å². The minimum atomic E-state index is -0.186. The van der Waals surface area contributed by atoms with Crippen molar-refractivity contribution in [1.29, 1.82) is 0 Å². The van der Waals surface area contributed by atoms with Crippen molar-refractivity contribution in [2.24, 2.45) is 0 Å². The third kappa shape index (κ3) is 2.33. The Hall–Kier alpha value is -1.35. The minimum Gasteiger partial charge on any atom is -0.380 e.